The van der Waals surface area contributed by atoms with Crippen LogP contribution >= 0.6 is 0 Å². The van der Waals surface area contributed by atoms with Crippen molar-refractivity contribution in [2.24, 2.45) is 5.41 Å². The van der Waals surface area contributed by atoms with E-state index in [0.29, 0.717) is 13.0 Å². The molecule has 1 heterocycles. The van der Waals surface area contributed by atoms with E-state index in [1.54, 1.807) is 6.20 Å². The first-order valence-corrected chi connectivity index (χ1v) is 6.52. The number of alkyl halides is 3. The largest absolute Gasteiger partial charge is 0.416 e. The van der Waals surface area contributed by atoms with Crippen LogP contribution in [-0.4, -0.2) is 12.7 Å². The molecule has 1 aromatic rings. The number of hydrogen-bond donors (Lipinski definition) is 0. The molecule has 0 atom stereocenters. The van der Waals surface area contributed by atoms with Crippen molar-refractivity contribution in [2.75, 3.05) is 11.4 Å². The van der Waals surface area contributed by atoms with Crippen molar-refractivity contribution in [3.8, 4) is 0 Å². The van der Waals surface area contributed by atoms with Gasteiger partial charge in [-0.15, -0.1) is 0 Å². The van der Waals surface area contributed by atoms with Crippen molar-refractivity contribution in [1.82, 2.24) is 0 Å². The average molecular weight is 281 g/mol. The Morgan fingerprint density at radius 2 is 1.80 bits per heavy atom. The Kier molecular flexibility index (Phi) is 3.67. The van der Waals surface area contributed by atoms with Crippen LogP contribution in [0, 0.1) is 5.41 Å². The molecule has 0 N–H and O–H groups in total. The number of halogens is 3. The summed E-state index contributed by atoms with van der Waals surface area (Å²) in [6.45, 7) is 7.62. The van der Waals surface area contributed by atoms with Crippen LogP contribution in [0.2, 0.25) is 0 Å². The van der Waals surface area contributed by atoms with Gasteiger partial charge in [-0.3, -0.25) is 0 Å². The van der Waals surface area contributed by atoms with Gasteiger partial charge in [-0.1, -0.05) is 38.6 Å². The third-order valence-electron chi connectivity index (χ3n) is 3.75. The lowest BCUT2D eigenvalue weighted by atomic mass is 9.76. The molecule has 0 unspecified atom stereocenters. The number of rotatable bonds is 2. The fourth-order valence-electron chi connectivity index (χ4n) is 2.39. The van der Waals surface area contributed by atoms with E-state index in [4.69, 9.17) is 0 Å². The van der Waals surface area contributed by atoms with Gasteiger partial charge >= 0.3 is 6.18 Å². The van der Waals surface area contributed by atoms with Crippen molar-refractivity contribution in [3.63, 3.8) is 0 Å². The highest BCUT2D eigenvalue weighted by molar-refractivity contribution is 5.53. The molecule has 0 bridgehead atoms. The summed E-state index contributed by atoms with van der Waals surface area (Å²) < 4.78 is 38.8. The van der Waals surface area contributed by atoms with Gasteiger partial charge in [0.05, 0.1) is 5.57 Å². The predicted octanol–water partition coefficient (Wildman–Crippen LogP) is 4.93. The number of anilines is 1. The van der Waals surface area contributed by atoms with Crippen molar-refractivity contribution < 1.29 is 13.2 Å². The second-order valence-electron chi connectivity index (χ2n) is 5.68. The molecule has 0 saturated heterocycles. The van der Waals surface area contributed by atoms with E-state index in [2.05, 4.69) is 6.58 Å². The van der Waals surface area contributed by atoms with Crippen LogP contribution in [0.1, 0.15) is 20.3 Å². The van der Waals surface area contributed by atoms with Crippen molar-refractivity contribution in [2.45, 2.75) is 26.4 Å². The number of hydrogen-bond acceptors (Lipinski definition) is 1. The molecule has 0 amide bonds. The van der Waals surface area contributed by atoms with E-state index >= 15 is 0 Å². The van der Waals surface area contributed by atoms with Crippen LogP contribution in [0.5, 0.6) is 0 Å². The van der Waals surface area contributed by atoms with Gasteiger partial charge in [0.2, 0.25) is 0 Å². The Bertz CT molecular complexity index is 526. The van der Waals surface area contributed by atoms with Gasteiger partial charge in [0, 0.05) is 18.4 Å². The Morgan fingerprint density at radius 3 is 2.35 bits per heavy atom. The van der Waals surface area contributed by atoms with Crippen molar-refractivity contribution in [1.29, 1.82) is 0 Å². The SMILES string of the molecule is C=C(C1=CN(c2ccccc2)CCC1(C)C)C(F)(F)F. The lowest BCUT2D eigenvalue weighted by Crippen LogP contribution is -2.34. The Labute approximate surface area is 117 Å². The van der Waals surface area contributed by atoms with E-state index in [1.807, 2.05) is 49.1 Å². The summed E-state index contributed by atoms with van der Waals surface area (Å²) in [5.74, 6) is 0. The quantitative estimate of drug-likeness (QED) is 0.743. The summed E-state index contributed by atoms with van der Waals surface area (Å²) in [6, 6.07) is 9.42. The van der Waals surface area contributed by atoms with Gasteiger partial charge in [0.25, 0.3) is 0 Å². The zero-order valence-corrected chi connectivity index (χ0v) is 11.7. The third kappa shape index (κ3) is 2.89. The van der Waals surface area contributed by atoms with E-state index in [0.717, 1.165) is 5.69 Å². The maximum Gasteiger partial charge on any atom is 0.416 e. The molecule has 0 saturated carbocycles. The molecule has 4 heteroatoms. The Balaban J connectivity index is 2.39. The first-order valence-electron chi connectivity index (χ1n) is 6.52. The summed E-state index contributed by atoms with van der Waals surface area (Å²) in [5.41, 5.74) is -0.101. The highest BCUT2D eigenvalue weighted by Crippen LogP contribution is 2.44. The van der Waals surface area contributed by atoms with E-state index < -0.39 is 17.2 Å². The highest BCUT2D eigenvalue weighted by atomic mass is 19.4. The average Bonchev–Trinajstić information content (AvgIpc) is 2.37. The summed E-state index contributed by atoms with van der Waals surface area (Å²) in [4.78, 5) is 1.86. The first kappa shape index (κ1) is 14.7. The van der Waals surface area contributed by atoms with Crippen molar-refractivity contribution >= 4 is 5.69 Å². The second-order valence-corrected chi connectivity index (χ2v) is 5.68. The van der Waals surface area contributed by atoms with Crippen LogP contribution in [-0.2, 0) is 0 Å². The smallest absolute Gasteiger partial charge is 0.348 e. The number of benzene rings is 1. The van der Waals surface area contributed by atoms with Gasteiger partial charge in [0.15, 0.2) is 0 Å². The van der Waals surface area contributed by atoms with Gasteiger partial charge in [-0.25, -0.2) is 0 Å². The molecule has 1 aliphatic heterocycles. The fraction of sp³-hybridized carbons (Fsp3) is 0.375. The van der Waals surface area contributed by atoms with E-state index in [1.165, 1.54) is 0 Å². The minimum Gasteiger partial charge on any atom is -0.348 e. The zero-order valence-electron chi connectivity index (χ0n) is 11.7. The Hall–Kier alpha value is -1.71. The summed E-state index contributed by atoms with van der Waals surface area (Å²) in [7, 11) is 0. The molecule has 1 aromatic carbocycles. The summed E-state index contributed by atoms with van der Waals surface area (Å²) >= 11 is 0. The van der Waals surface area contributed by atoms with Crippen LogP contribution in [0.3, 0.4) is 0 Å². The second kappa shape index (κ2) is 5.00. The molecule has 0 radical (unpaired) electrons. The first-order chi connectivity index (χ1) is 9.22. The highest BCUT2D eigenvalue weighted by Gasteiger charge is 2.41. The summed E-state index contributed by atoms with van der Waals surface area (Å²) in [5, 5.41) is 0. The molecule has 108 valence electrons. The molecule has 0 spiro atoms. The maximum absolute atomic E-state index is 12.9. The molecule has 2 rings (SSSR count). The number of allylic oxidation sites excluding steroid dienone is 2. The van der Waals surface area contributed by atoms with Crippen LogP contribution in [0.15, 0.2) is 54.3 Å². The minimum atomic E-state index is -4.39. The topological polar surface area (TPSA) is 3.24 Å². The molecule has 0 fully saturated rings. The fourth-order valence-corrected chi connectivity index (χ4v) is 2.39. The van der Waals surface area contributed by atoms with Gasteiger partial charge in [-0.05, 0) is 29.5 Å². The van der Waals surface area contributed by atoms with Crippen LogP contribution in [0.25, 0.3) is 0 Å². The third-order valence-corrected chi connectivity index (χ3v) is 3.75. The van der Waals surface area contributed by atoms with Crippen LogP contribution < -0.4 is 4.90 Å². The minimum absolute atomic E-state index is 0.264. The lowest BCUT2D eigenvalue weighted by molar-refractivity contribution is -0.0906. The summed E-state index contributed by atoms with van der Waals surface area (Å²) in [6.07, 6.45) is -2.14. The van der Waals surface area contributed by atoms with Crippen molar-refractivity contribution in [3.05, 3.63) is 54.3 Å². The lowest BCUT2D eigenvalue weighted by Gasteiger charge is -2.38. The van der Waals surface area contributed by atoms with Gasteiger partial charge in [0.1, 0.15) is 0 Å². The predicted molar refractivity (Wildman–Crippen MR) is 75.5 cm³/mol. The molecule has 20 heavy (non-hydrogen) atoms. The van der Waals surface area contributed by atoms with E-state index in [-0.39, 0.29) is 5.57 Å². The molecule has 1 nitrogen and oxygen atoms in total. The van der Waals surface area contributed by atoms with Crippen LogP contribution in [0.4, 0.5) is 18.9 Å². The monoisotopic (exact) mass is 281 g/mol. The standard InChI is InChI=1S/C16H18F3N/c1-12(16(17,18)19)14-11-20(10-9-15(14,2)3)13-7-5-4-6-8-13/h4-8,11H,1,9-10H2,2-3H3. The maximum atomic E-state index is 12.9. The van der Waals surface area contributed by atoms with Gasteiger partial charge < -0.3 is 4.90 Å². The number of nitrogens with zero attached hydrogens (tertiary/aromatic N) is 1. The normalized spacial score (nSPS) is 18.6. The van der Waals surface area contributed by atoms with E-state index in [9.17, 15) is 13.2 Å². The Morgan fingerprint density at radius 1 is 1.20 bits per heavy atom. The molecular weight excluding hydrogens is 263 g/mol. The number of para-hydroxylation sites is 1. The molecule has 1 aliphatic rings. The zero-order chi connectivity index (χ0) is 15.0. The molecule has 0 aromatic heterocycles. The van der Waals surface area contributed by atoms with Gasteiger partial charge in [-0.2, -0.15) is 13.2 Å². The molecule has 0 aliphatic carbocycles. The molecular formula is C16H18F3N.